The summed E-state index contributed by atoms with van der Waals surface area (Å²) in [6, 6.07) is 8.09. The van der Waals surface area contributed by atoms with Crippen LogP contribution in [0.15, 0.2) is 24.3 Å². The summed E-state index contributed by atoms with van der Waals surface area (Å²) in [5.74, 6) is 0.0627. The lowest BCUT2D eigenvalue weighted by Gasteiger charge is -2.17. The number of hydrogen-bond acceptors (Lipinski definition) is 1. The first-order valence-corrected chi connectivity index (χ1v) is 6.34. The van der Waals surface area contributed by atoms with Gasteiger partial charge in [-0.15, -0.1) is 0 Å². The van der Waals surface area contributed by atoms with Gasteiger partial charge < -0.3 is 5.32 Å². The lowest BCUT2D eigenvalue weighted by Crippen LogP contribution is -2.33. The van der Waals surface area contributed by atoms with Gasteiger partial charge in [0.2, 0.25) is 0 Å². The van der Waals surface area contributed by atoms with Crippen LogP contribution >= 0.6 is 0 Å². The van der Waals surface area contributed by atoms with Gasteiger partial charge in [-0.2, -0.15) is 0 Å². The van der Waals surface area contributed by atoms with Crippen molar-refractivity contribution in [2.75, 3.05) is 0 Å². The molecule has 2 nitrogen and oxygen atoms in total. The number of hydrogen-bond donors (Lipinski definition) is 1. The van der Waals surface area contributed by atoms with Crippen LogP contribution < -0.4 is 5.32 Å². The summed E-state index contributed by atoms with van der Waals surface area (Å²) in [6.07, 6.45) is 3.39. The molecular weight excluding hydrogens is 210 g/mol. The van der Waals surface area contributed by atoms with Crippen LogP contribution in [0.4, 0.5) is 0 Å². The molecule has 1 fully saturated rings. The lowest BCUT2D eigenvalue weighted by atomic mass is 9.92. The van der Waals surface area contributed by atoms with E-state index in [4.69, 9.17) is 0 Å². The molecule has 0 saturated heterocycles. The quantitative estimate of drug-likeness (QED) is 0.831. The van der Waals surface area contributed by atoms with E-state index in [0.29, 0.717) is 11.5 Å². The highest BCUT2D eigenvalue weighted by Crippen LogP contribution is 2.36. The number of aryl methyl sites for hydroxylation is 1. The second kappa shape index (κ2) is 4.52. The van der Waals surface area contributed by atoms with E-state index in [2.05, 4.69) is 19.2 Å². The predicted octanol–water partition coefficient (Wildman–Crippen LogP) is 3.30. The van der Waals surface area contributed by atoms with Gasteiger partial charge in [-0.1, -0.05) is 31.5 Å². The number of amides is 1. The second-order valence-corrected chi connectivity index (χ2v) is 5.94. The van der Waals surface area contributed by atoms with Gasteiger partial charge in [-0.3, -0.25) is 4.79 Å². The Bertz CT molecular complexity index is 405. The SMILES string of the molecule is Cc1ccc(C(=O)NC2CCC(C)(C)C2)cc1. The van der Waals surface area contributed by atoms with E-state index in [1.807, 2.05) is 31.2 Å². The highest BCUT2D eigenvalue weighted by atomic mass is 16.1. The van der Waals surface area contributed by atoms with Crippen molar-refractivity contribution in [1.82, 2.24) is 5.32 Å². The van der Waals surface area contributed by atoms with E-state index in [0.717, 1.165) is 18.4 Å². The molecule has 1 atom stereocenters. The Morgan fingerprint density at radius 1 is 1.29 bits per heavy atom. The minimum atomic E-state index is 0.0627. The van der Waals surface area contributed by atoms with Crippen molar-refractivity contribution in [3.63, 3.8) is 0 Å². The van der Waals surface area contributed by atoms with Gasteiger partial charge in [-0.25, -0.2) is 0 Å². The van der Waals surface area contributed by atoms with E-state index in [1.54, 1.807) is 0 Å². The standard InChI is InChI=1S/C15H21NO/c1-11-4-6-12(7-5-11)14(17)16-13-8-9-15(2,3)10-13/h4-7,13H,8-10H2,1-3H3,(H,16,17). The molecule has 2 rings (SSSR count). The van der Waals surface area contributed by atoms with E-state index in [1.165, 1.54) is 12.0 Å². The van der Waals surface area contributed by atoms with Crippen LogP contribution in [0, 0.1) is 12.3 Å². The number of carbonyl (C=O) groups excluding carboxylic acids is 1. The molecule has 1 aliphatic carbocycles. The molecule has 1 aromatic rings. The molecule has 2 heteroatoms. The Morgan fingerprint density at radius 2 is 1.94 bits per heavy atom. The van der Waals surface area contributed by atoms with Gasteiger partial charge in [0.05, 0.1) is 0 Å². The molecular formula is C15H21NO. The number of nitrogens with one attached hydrogen (secondary N) is 1. The largest absolute Gasteiger partial charge is 0.349 e. The summed E-state index contributed by atoms with van der Waals surface area (Å²) >= 11 is 0. The summed E-state index contributed by atoms with van der Waals surface area (Å²) in [7, 11) is 0. The van der Waals surface area contributed by atoms with Gasteiger partial charge in [0.1, 0.15) is 0 Å². The van der Waals surface area contributed by atoms with Crippen LogP contribution in [0.2, 0.25) is 0 Å². The fourth-order valence-electron chi connectivity index (χ4n) is 2.53. The molecule has 1 aliphatic rings. The van der Waals surface area contributed by atoms with E-state index >= 15 is 0 Å². The van der Waals surface area contributed by atoms with Crippen molar-refractivity contribution < 1.29 is 4.79 Å². The first kappa shape index (κ1) is 12.2. The summed E-state index contributed by atoms with van der Waals surface area (Å²) in [6.45, 7) is 6.57. The summed E-state index contributed by atoms with van der Waals surface area (Å²) in [4.78, 5) is 12.0. The molecule has 0 bridgehead atoms. The maximum Gasteiger partial charge on any atom is 0.251 e. The molecule has 17 heavy (non-hydrogen) atoms. The third kappa shape index (κ3) is 3.09. The molecule has 0 aromatic heterocycles. The van der Waals surface area contributed by atoms with Gasteiger partial charge in [0.15, 0.2) is 0 Å². The Labute approximate surface area is 103 Å². The normalized spacial score (nSPS) is 22.4. The molecule has 1 amide bonds. The highest BCUT2D eigenvalue weighted by molar-refractivity contribution is 5.94. The van der Waals surface area contributed by atoms with Crippen molar-refractivity contribution >= 4 is 5.91 Å². The lowest BCUT2D eigenvalue weighted by molar-refractivity contribution is 0.0936. The third-order valence-corrected chi connectivity index (χ3v) is 3.62. The molecule has 1 saturated carbocycles. The average Bonchev–Trinajstić information content (AvgIpc) is 2.59. The summed E-state index contributed by atoms with van der Waals surface area (Å²) in [5.41, 5.74) is 2.33. The van der Waals surface area contributed by atoms with E-state index in [9.17, 15) is 4.79 Å². The first-order valence-electron chi connectivity index (χ1n) is 6.34. The minimum absolute atomic E-state index is 0.0627. The second-order valence-electron chi connectivity index (χ2n) is 5.94. The van der Waals surface area contributed by atoms with Crippen molar-refractivity contribution in [3.05, 3.63) is 35.4 Å². The zero-order chi connectivity index (χ0) is 12.5. The Hall–Kier alpha value is -1.31. The monoisotopic (exact) mass is 231 g/mol. The van der Waals surface area contributed by atoms with Crippen LogP contribution in [0.25, 0.3) is 0 Å². The Kier molecular flexibility index (Phi) is 3.23. The van der Waals surface area contributed by atoms with Gasteiger partial charge in [-0.05, 0) is 43.7 Å². The fourth-order valence-corrected chi connectivity index (χ4v) is 2.53. The zero-order valence-electron chi connectivity index (χ0n) is 10.9. The molecule has 92 valence electrons. The number of benzene rings is 1. The van der Waals surface area contributed by atoms with Crippen molar-refractivity contribution in [3.8, 4) is 0 Å². The molecule has 1 unspecified atom stereocenters. The van der Waals surface area contributed by atoms with Crippen LogP contribution in [-0.2, 0) is 0 Å². The van der Waals surface area contributed by atoms with E-state index < -0.39 is 0 Å². The van der Waals surface area contributed by atoms with Gasteiger partial charge >= 0.3 is 0 Å². The molecule has 0 heterocycles. The number of rotatable bonds is 2. The van der Waals surface area contributed by atoms with Crippen molar-refractivity contribution in [2.45, 2.75) is 46.1 Å². The summed E-state index contributed by atoms with van der Waals surface area (Å²) in [5, 5.41) is 3.13. The number of carbonyl (C=O) groups is 1. The molecule has 0 radical (unpaired) electrons. The minimum Gasteiger partial charge on any atom is -0.349 e. The zero-order valence-corrected chi connectivity index (χ0v) is 10.9. The maximum atomic E-state index is 12.0. The predicted molar refractivity (Wildman–Crippen MR) is 70.1 cm³/mol. The smallest absolute Gasteiger partial charge is 0.251 e. The molecule has 1 N–H and O–H groups in total. The van der Waals surface area contributed by atoms with Crippen LogP contribution in [0.3, 0.4) is 0 Å². The van der Waals surface area contributed by atoms with Crippen molar-refractivity contribution in [1.29, 1.82) is 0 Å². The average molecular weight is 231 g/mol. The van der Waals surface area contributed by atoms with Gasteiger partial charge in [0, 0.05) is 11.6 Å². The van der Waals surface area contributed by atoms with E-state index in [-0.39, 0.29) is 5.91 Å². The summed E-state index contributed by atoms with van der Waals surface area (Å²) < 4.78 is 0. The first-order chi connectivity index (χ1) is 7.96. The van der Waals surface area contributed by atoms with Gasteiger partial charge in [0.25, 0.3) is 5.91 Å². The molecule has 0 aliphatic heterocycles. The fraction of sp³-hybridized carbons (Fsp3) is 0.533. The Morgan fingerprint density at radius 3 is 2.47 bits per heavy atom. The third-order valence-electron chi connectivity index (χ3n) is 3.62. The van der Waals surface area contributed by atoms with Crippen LogP contribution in [0.1, 0.15) is 49.0 Å². The molecule has 0 spiro atoms. The molecule has 1 aromatic carbocycles. The maximum absolute atomic E-state index is 12.0. The highest BCUT2D eigenvalue weighted by Gasteiger charge is 2.31. The van der Waals surface area contributed by atoms with Crippen molar-refractivity contribution in [2.24, 2.45) is 5.41 Å². The van der Waals surface area contributed by atoms with Crippen LogP contribution in [-0.4, -0.2) is 11.9 Å². The topological polar surface area (TPSA) is 29.1 Å². The Balaban J connectivity index is 1.96. The van der Waals surface area contributed by atoms with Crippen LogP contribution in [0.5, 0.6) is 0 Å².